The van der Waals surface area contributed by atoms with E-state index in [1.54, 1.807) is 18.0 Å². The SMILES string of the molecule is CC(CS(C)=O)NC1=NCC(C)S1. The molecule has 0 aromatic heterocycles. The number of rotatable bonds is 3. The lowest BCUT2D eigenvalue weighted by molar-refractivity contribution is 0.672. The van der Waals surface area contributed by atoms with Gasteiger partial charge >= 0.3 is 0 Å². The molecule has 0 aromatic carbocycles. The van der Waals surface area contributed by atoms with E-state index in [0.29, 0.717) is 11.0 Å². The molecule has 0 radical (unpaired) electrons. The predicted molar refractivity (Wildman–Crippen MR) is 60.9 cm³/mol. The molecule has 3 nitrogen and oxygen atoms in total. The van der Waals surface area contributed by atoms with Crippen LogP contribution in [0.25, 0.3) is 0 Å². The van der Waals surface area contributed by atoms with Crippen LogP contribution >= 0.6 is 11.8 Å². The van der Waals surface area contributed by atoms with Gasteiger partial charge in [-0.25, -0.2) is 0 Å². The summed E-state index contributed by atoms with van der Waals surface area (Å²) >= 11 is 1.76. The highest BCUT2D eigenvalue weighted by molar-refractivity contribution is 8.14. The molecule has 13 heavy (non-hydrogen) atoms. The monoisotopic (exact) mass is 220 g/mol. The van der Waals surface area contributed by atoms with Crippen molar-refractivity contribution in [1.29, 1.82) is 0 Å². The van der Waals surface area contributed by atoms with Crippen LogP contribution in [-0.4, -0.2) is 39.2 Å². The van der Waals surface area contributed by atoms with Crippen LogP contribution in [-0.2, 0) is 10.8 Å². The molecule has 1 aliphatic rings. The van der Waals surface area contributed by atoms with Crippen LogP contribution in [0.15, 0.2) is 4.99 Å². The molecule has 0 saturated carbocycles. The minimum Gasteiger partial charge on any atom is -0.362 e. The zero-order valence-corrected chi connectivity index (χ0v) is 9.87. The van der Waals surface area contributed by atoms with Crippen molar-refractivity contribution in [3.8, 4) is 0 Å². The topological polar surface area (TPSA) is 41.5 Å². The lowest BCUT2D eigenvalue weighted by atomic mass is 10.4. The predicted octanol–water partition coefficient (Wildman–Crippen LogP) is 0.834. The van der Waals surface area contributed by atoms with E-state index >= 15 is 0 Å². The van der Waals surface area contributed by atoms with Crippen molar-refractivity contribution in [3.05, 3.63) is 0 Å². The summed E-state index contributed by atoms with van der Waals surface area (Å²) < 4.78 is 10.9. The van der Waals surface area contributed by atoms with E-state index in [9.17, 15) is 4.21 Å². The Morgan fingerprint density at radius 2 is 2.54 bits per heavy atom. The first-order valence-electron chi connectivity index (χ1n) is 4.35. The molecule has 0 bridgehead atoms. The van der Waals surface area contributed by atoms with Gasteiger partial charge in [0, 0.05) is 34.1 Å². The van der Waals surface area contributed by atoms with E-state index in [0.717, 1.165) is 11.7 Å². The lowest BCUT2D eigenvalue weighted by Gasteiger charge is -2.12. The maximum atomic E-state index is 10.9. The summed E-state index contributed by atoms with van der Waals surface area (Å²) in [6, 6.07) is 0.252. The van der Waals surface area contributed by atoms with E-state index < -0.39 is 10.8 Å². The van der Waals surface area contributed by atoms with Gasteiger partial charge in [0.05, 0.1) is 6.54 Å². The fourth-order valence-corrected chi connectivity index (χ4v) is 2.90. The second kappa shape index (κ2) is 5.00. The number of aliphatic imine (C=N–C) groups is 1. The van der Waals surface area contributed by atoms with Gasteiger partial charge in [0.2, 0.25) is 0 Å². The summed E-state index contributed by atoms with van der Waals surface area (Å²) in [7, 11) is -0.731. The van der Waals surface area contributed by atoms with Crippen LogP contribution in [0.5, 0.6) is 0 Å². The number of hydrogen-bond donors (Lipinski definition) is 1. The second-order valence-electron chi connectivity index (χ2n) is 3.36. The van der Waals surface area contributed by atoms with Gasteiger partial charge in [-0.2, -0.15) is 0 Å². The molecule has 76 valence electrons. The van der Waals surface area contributed by atoms with Gasteiger partial charge in [-0.3, -0.25) is 9.20 Å². The molecule has 1 N–H and O–H groups in total. The molecule has 3 unspecified atom stereocenters. The quantitative estimate of drug-likeness (QED) is 0.766. The highest BCUT2D eigenvalue weighted by Gasteiger charge is 2.16. The molecule has 5 heteroatoms. The van der Waals surface area contributed by atoms with Gasteiger partial charge in [0.15, 0.2) is 5.17 Å². The minimum atomic E-state index is -0.731. The number of thioether (sulfide) groups is 1. The Labute approximate surface area is 86.2 Å². The van der Waals surface area contributed by atoms with Crippen LogP contribution in [0.1, 0.15) is 13.8 Å². The third-order valence-electron chi connectivity index (χ3n) is 1.66. The smallest absolute Gasteiger partial charge is 0.157 e. The number of nitrogens with zero attached hydrogens (tertiary/aromatic N) is 1. The molecule has 0 saturated heterocycles. The van der Waals surface area contributed by atoms with Crippen molar-refractivity contribution >= 4 is 27.7 Å². The molecule has 3 atom stereocenters. The van der Waals surface area contributed by atoms with Crippen LogP contribution < -0.4 is 5.32 Å². The van der Waals surface area contributed by atoms with Crippen LogP contribution in [0, 0.1) is 0 Å². The third kappa shape index (κ3) is 4.13. The van der Waals surface area contributed by atoms with Gasteiger partial charge in [-0.1, -0.05) is 18.7 Å². The van der Waals surface area contributed by atoms with Crippen molar-refractivity contribution < 1.29 is 4.21 Å². The van der Waals surface area contributed by atoms with Gasteiger partial charge in [-0.05, 0) is 6.92 Å². The average Bonchev–Trinajstić information content (AvgIpc) is 2.33. The fourth-order valence-electron chi connectivity index (χ4n) is 1.16. The highest BCUT2D eigenvalue weighted by Crippen LogP contribution is 2.18. The molecular weight excluding hydrogens is 204 g/mol. The van der Waals surface area contributed by atoms with Crippen molar-refractivity contribution in [1.82, 2.24) is 5.32 Å². The van der Waals surface area contributed by atoms with Gasteiger partial charge < -0.3 is 5.32 Å². The molecular formula is C8H16N2OS2. The fraction of sp³-hybridized carbons (Fsp3) is 0.875. The largest absolute Gasteiger partial charge is 0.362 e. The first kappa shape index (κ1) is 11.0. The molecule has 0 amide bonds. The zero-order chi connectivity index (χ0) is 9.84. The molecule has 0 fully saturated rings. The number of nitrogens with one attached hydrogen (secondary N) is 1. The summed E-state index contributed by atoms with van der Waals surface area (Å²) in [4.78, 5) is 4.33. The van der Waals surface area contributed by atoms with Crippen LogP contribution in [0.3, 0.4) is 0 Å². The van der Waals surface area contributed by atoms with Crippen LogP contribution in [0.4, 0.5) is 0 Å². The Kier molecular flexibility index (Phi) is 4.25. The van der Waals surface area contributed by atoms with E-state index in [1.807, 2.05) is 6.92 Å². The standard InChI is InChI=1S/C8H16N2OS2/c1-6(5-13(3)11)10-8-9-4-7(2)12-8/h6-7H,4-5H2,1-3H3,(H,9,10). The Bertz CT molecular complexity index is 230. The molecule has 0 aliphatic carbocycles. The summed E-state index contributed by atoms with van der Waals surface area (Å²) in [5.74, 6) is 0.688. The lowest BCUT2D eigenvalue weighted by Crippen LogP contribution is -2.34. The summed E-state index contributed by atoms with van der Waals surface area (Å²) in [6.45, 7) is 5.09. The molecule has 0 aromatic rings. The van der Waals surface area contributed by atoms with E-state index in [4.69, 9.17) is 0 Å². The van der Waals surface area contributed by atoms with E-state index in [1.165, 1.54) is 0 Å². The normalized spacial score (nSPS) is 26.7. The number of amidine groups is 1. The van der Waals surface area contributed by atoms with E-state index in [2.05, 4.69) is 17.2 Å². The first-order chi connectivity index (χ1) is 6.08. The molecule has 1 rings (SSSR count). The summed E-state index contributed by atoms with van der Waals surface area (Å²) in [5, 5.41) is 4.85. The van der Waals surface area contributed by atoms with Gasteiger partial charge in [0.1, 0.15) is 0 Å². The van der Waals surface area contributed by atoms with Gasteiger partial charge in [0.25, 0.3) is 0 Å². The molecule has 0 spiro atoms. The maximum Gasteiger partial charge on any atom is 0.157 e. The Morgan fingerprint density at radius 1 is 1.85 bits per heavy atom. The van der Waals surface area contributed by atoms with Gasteiger partial charge in [-0.15, -0.1) is 0 Å². The third-order valence-corrected chi connectivity index (χ3v) is 3.65. The number of hydrogen-bond acceptors (Lipinski definition) is 4. The van der Waals surface area contributed by atoms with Crippen LogP contribution in [0.2, 0.25) is 0 Å². The van der Waals surface area contributed by atoms with Crippen molar-refractivity contribution in [3.63, 3.8) is 0 Å². The maximum absolute atomic E-state index is 10.9. The highest BCUT2D eigenvalue weighted by atomic mass is 32.2. The average molecular weight is 220 g/mol. The first-order valence-corrected chi connectivity index (χ1v) is 6.96. The van der Waals surface area contributed by atoms with E-state index in [-0.39, 0.29) is 6.04 Å². The summed E-state index contributed by atoms with van der Waals surface area (Å²) in [5.41, 5.74) is 0. The molecule has 1 heterocycles. The zero-order valence-electron chi connectivity index (χ0n) is 8.24. The Hall–Kier alpha value is -0.0300. The molecule has 1 aliphatic heterocycles. The Morgan fingerprint density at radius 3 is 3.00 bits per heavy atom. The van der Waals surface area contributed by atoms with Crippen molar-refractivity contribution in [2.45, 2.75) is 25.1 Å². The van der Waals surface area contributed by atoms with Crippen molar-refractivity contribution in [2.75, 3.05) is 18.6 Å². The van der Waals surface area contributed by atoms with Crippen molar-refractivity contribution in [2.24, 2.45) is 4.99 Å². The Balaban J connectivity index is 2.28. The summed E-state index contributed by atoms with van der Waals surface area (Å²) in [6.07, 6.45) is 1.73. The minimum absolute atomic E-state index is 0.252. The second-order valence-corrected chi connectivity index (χ2v) is 6.27.